The van der Waals surface area contributed by atoms with Gasteiger partial charge < -0.3 is 5.32 Å². The largest absolute Gasteiger partial charge is 0.312 e. The van der Waals surface area contributed by atoms with E-state index in [0.29, 0.717) is 5.92 Å². The molecule has 0 saturated carbocycles. The fraction of sp³-hybridized carbons (Fsp3) is 0.312. The van der Waals surface area contributed by atoms with Crippen LogP contribution < -0.4 is 5.32 Å². The van der Waals surface area contributed by atoms with E-state index < -0.39 is 0 Å². The third-order valence-electron chi connectivity index (χ3n) is 3.53. The molecule has 100 valence electrons. The minimum absolute atomic E-state index is 0.275. The highest BCUT2D eigenvalue weighted by Crippen LogP contribution is 2.34. The maximum Gasteiger partial charge on any atom is 0.0395 e. The SMILES string of the molecule is CNC(c1cc(C)ccc1Br)C(C)c1ccncc1. The zero-order valence-electron chi connectivity index (χ0n) is 11.5. The molecular weight excluding hydrogens is 300 g/mol. The second kappa shape index (κ2) is 6.31. The molecule has 3 heteroatoms. The molecule has 0 bridgehead atoms. The fourth-order valence-electron chi connectivity index (χ4n) is 2.44. The Kier molecular flexibility index (Phi) is 4.72. The van der Waals surface area contributed by atoms with Crippen LogP contribution in [0.5, 0.6) is 0 Å². The first-order valence-electron chi connectivity index (χ1n) is 6.46. The van der Waals surface area contributed by atoms with Gasteiger partial charge >= 0.3 is 0 Å². The molecule has 1 heterocycles. The van der Waals surface area contributed by atoms with Crippen molar-refractivity contribution in [2.24, 2.45) is 0 Å². The van der Waals surface area contributed by atoms with Crippen LogP contribution in [0.15, 0.2) is 47.2 Å². The van der Waals surface area contributed by atoms with Gasteiger partial charge in [-0.2, -0.15) is 0 Å². The van der Waals surface area contributed by atoms with Gasteiger partial charge in [-0.15, -0.1) is 0 Å². The quantitative estimate of drug-likeness (QED) is 0.913. The van der Waals surface area contributed by atoms with E-state index in [1.165, 1.54) is 16.7 Å². The molecule has 0 spiro atoms. The summed E-state index contributed by atoms with van der Waals surface area (Å²) in [5, 5.41) is 3.43. The Morgan fingerprint density at radius 3 is 2.47 bits per heavy atom. The Morgan fingerprint density at radius 1 is 1.16 bits per heavy atom. The molecule has 1 aromatic carbocycles. The van der Waals surface area contributed by atoms with Gasteiger partial charge in [-0.25, -0.2) is 0 Å². The summed E-state index contributed by atoms with van der Waals surface area (Å²) in [5.74, 6) is 0.381. The zero-order chi connectivity index (χ0) is 13.8. The summed E-state index contributed by atoms with van der Waals surface area (Å²) < 4.78 is 1.15. The van der Waals surface area contributed by atoms with Crippen molar-refractivity contribution in [2.45, 2.75) is 25.8 Å². The minimum atomic E-state index is 0.275. The number of hydrogen-bond donors (Lipinski definition) is 1. The monoisotopic (exact) mass is 318 g/mol. The van der Waals surface area contributed by atoms with Gasteiger partial charge in [-0.05, 0) is 43.3 Å². The standard InChI is InChI=1S/C16H19BrN2/c1-11-4-5-15(17)14(10-11)16(18-3)12(2)13-6-8-19-9-7-13/h4-10,12,16,18H,1-3H3. The lowest BCUT2D eigenvalue weighted by Gasteiger charge is -2.25. The minimum Gasteiger partial charge on any atom is -0.312 e. The second-order valence-electron chi connectivity index (χ2n) is 4.86. The van der Waals surface area contributed by atoms with Crippen molar-refractivity contribution in [1.82, 2.24) is 10.3 Å². The van der Waals surface area contributed by atoms with E-state index in [1.807, 2.05) is 19.4 Å². The molecule has 2 aromatic rings. The number of pyridine rings is 1. The molecule has 2 rings (SSSR count). The first-order chi connectivity index (χ1) is 9.13. The molecule has 0 aliphatic heterocycles. The van der Waals surface area contributed by atoms with Gasteiger partial charge in [-0.1, -0.05) is 40.5 Å². The normalized spacial score (nSPS) is 14.1. The maximum atomic E-state index is 4.09. The summed E-state index contributed by atoms with van der Waals surface area (Å²) in [7, 11) is 2.01. The third kappa shape index (κ3) is 3.23. The predicted molar refractivity (Wildman–Crippen MR) is 83.3 cm³/mol. The summed E-state index contributed by atoms with van der Waals surface area (Å²) in [4.78, 5) is 4.09. The van der Waals surface area contributed by atoms with Crippen LogP contribution in [0, 0.1) is 6.92 Å². The van der Waals surface area contributed by atoms with Crippen LogP contribution in [0.1, 0.15) is 35.6 Å². The smallest absolute Gasteiger partial charge is 0.0395 e. The number of hydrogen-bond acceptors (Lipinski definition) is 2. The number of aromatic nitrogens is 1. The molecule has 1 aromatic heterocycles. The van der Waals surface area contributed by atoms with E-state index in [2.05, 4.69) is 70.4 Å². The number of halogens is 1. The topological polar surface area (TPSA) is 24.9 Å². The highest BCUT2D eigenvalue weighted by Gasteiger charge is 2.21. The van der Waals surface area contributed by atoms with Crippen LogP contribution in [-0.2, 0) is 0 Å². The van der Waals surface area contributed by atoms with Crippen LogP contribution in [0.3, 0.4) is 0 Å². The Morgan fingerprint density at radius 2 is 1.84 bits per heavy atom. The van der Waals surface area contributed by atoms with Crippen molar-refractivity contribution < 1.29 is 0 Å². The second-order valence-corrected chi connectivity index (χ2v) is 5.71. The van der Waals surface area contributed by atoms with Gasteiger partial charge in [0.25, 0.3) is 0 Å². The van der Waals surface area contributed by atoms with E-state index in [0.717, 1.165) is 4.47 Å². The molecule has 2 unspecified atom stereocenters. The maximum absolute atomic E-state index is 4.09. The van der Waals surface area contributed by atoms with Crippen molar-refractivity contribution in [2.75, 3.05) is 7.05 Å². The van der Waals surface area contributed by atoms with Crippen LogP contribution >= 0.6 is 15.9 Å². The molecule has 0 radical (unpaired) electrons. The van der Waals surface area contributed by atoms with Gasteiger partial charge in [0.1, 0.15) is 0 Å². The summed E-state index contributed by atoms with van der Waals surface area (Å²) in [5.41, 5.74) is 3.87. The van der Waals surface area contributed by atoms with Crippen molar-refractivity contribution in [3.8, 4) is 0 Å². The molecule has 0 amide bonds. The number of nitrogens with zero attached hydrogens (tertiary/aromatic N) is 1. The van der Waals surface area contributed by atoms with E-state index in [1.54, 1.807) is 0 Å². The molecule has 1 N–H and O–H groups in total. The number of nitrogens with one attached hydrogen (secondary N) is 1. The number of likely N-dealkylation sites (N-methyl/N-ethyl adjacent to an activating group) is 1. The highest BCUT2D eigenvalue weighted by molar-refractivity contribution is 9.10. The van der Waals surface area contributed by atoms with E-state index >= 15 is 0 Å². The van der Waals surface area contributed by atoms with Gasteiger partial charge in [-0.3, -0.25) is 4.98 Å². The first-order valence-corrected chi connectivity index (χ1v) is 7.26. The summed E-state index contributed by atoms with van der Waals surface area (Å²) >= 11 is 3.66. The van der Waals surface area contributed by atoms with Gasteiger partial charge in [0, 0.05) is 28.8 Å². The molecule has 2 atom stereocenters. The molecular formula is C16H19BrN2. The van der Waals surface area contributed by atoms with Gasteiger partial charge in [0.05, 0.1) is 0 Å². The van der Waals surface area contributed by atoms with Crippen molar-refractivity contribution in [3.05, 3.63) is 63.9 Å². The van der Waals surface area contributed by atoms with Crippen LogP contribution in [0.25, 0.3) is 0 Å². The fourth-order valence-corrected chi connectivity index (χ4v) is 2.93. The molecule has 19 heavy (non-hydrogen) atoms. The molecule has 0 aliphatic rings. The van der Waals surface area contributed by atoms with Crippen LogP contribution in [0.4, 0.5) is 0 Å². The lowest BCUT2D eigenvalue weighted by atomic mass is 9.88. The summed E-state index contributed by atoms with van der Waals surface area (Å²) in [6.07, 6.45) is 3.70. The average molecular weight is 319 g/mol. The lowest BCUT2D eigenvalue weighted by Crippen LogP contribution is -2.22. The third-order valence-corrected chi connectivity index (χ3v) is 4.25. The van der Waals surface area contributed by atoms with Crippen LogP contribution in [-0.4, -0.2) is 12.0 Å². The van der Waals surface area contributed by atoms with Crippen LogP contribution in [0.2, 0.25) is 0 Å². The lowest BCUT2D eigenvalue weighted by molar-refractivity contribution is 0.505. The Bertz CT molecular complexity index is 540. The average Bonchev–Trinajstić information content (AvgIpc) is 2.44. The van der Waals surface area contributed by atoms with Gasteiger partial charge in [0.2, 0.25) is 0 Å². The Balaban J connectivity index is 2.37. The summed E-state index contributed by atoms with van der Waals surface area (Å²) in [6.45, 7) is 4.37. The predicted octanol–water partition coefficient (Wildman–Crippen LogP) is 4.22. The number of rotatable bonds is 4. The molecule has 0 saturated heterocycles. The van der Waals surface area contributed by atoms with Gasteiger partial charge in [0.15, 0.2) is 0 Å². The molecule has 0 aliphatic carbocycles. The van der Waals surface area contributed by atoms with E-state index in [9.17, 15) is 0 Å². The van der Waals surface area contributed by atoms with Crippen molar-refractivity contribution in [1.29, 1.82) is 0 Å². The molecule has 2 nitrogen and oxygen atoms in total. The Labute approximate surface area is 123 Å². The zero-order valence-corrected chi connectivity index (χ0v) is 13.1. The van der Waals surface area contributed by atoms with Crippen molar-refractivity contribution in [3.63, 3.8) is 0 Å². The highest BCUT2D eigenvalue weighted by atomic mass is 79.9. The molecule has 0 fully saturated rings. The first kappa shape index (κ1) is 14.2. The van der Waals surface area contributed by atoms with Crippen molar-refractivity contribution >= 4 is 15.9 Å². The van der Waals surface area contributed by atoms with E-state index in [-0.39, 0.29) is 6.04 Å². The number of benzene rings is 1. The Hall–Kier alpha value is -1.19. The number of aryl methyl sites for hydroxylation is 1. The summed E-state index contributed by atoms with van der Waals surface area (Å²) in [6, 6.07) is 10.9. The van der Waals surface area contributed by atoms with E-state index in [4.69, 9.17) is 0 Å².